The molecule has 0 spiro atoms. The van der Waals surface area contributed by atoms with Crippen LogP contribution >= 0.6 is 0 Å². The standard InChI is InChI=1S/C25H22N4O7S/c1-34-16-7-10-18(11-8-16)37(32,33)29-22-12-9-17(35-2)15-20(22)23(27-29)36-14-13-28-24(30)19-5-3-4-6-21(19)26-25(28)31/h3-12,15H,13-14H2,1-2H3,(H,26,31). The predicted octanol–water partition coefficient (Wildman–Crippen LogP) is 2.37. The number of hydrogen-bond acceptors (Lipinski definition) is 8. The molecule has 0 amide bonds. The van der Waals surface area contributed by atoms with Crippen LogP contribution in [0.5, 0.6) is 17.4 Å². The number of benzene rings is 3. The van der Waals surface area contributed by atoms with Gasteiger partial charge in [0.25, 0.3) is 15.6 Å². The lowest BCUT2D eigenvalue weighted by molar-refractivity contribution is 0.285. The van der Waals surface area contributed by atoms with Crippen molar-refractivity contribution >= 4 is 31.8 Å². The number of aromatic amines is 1. The Balaban J connectivity index is 1.50. The molecule has 0 atom stereocenters. The van der Waals surface area contributed by atoms with Gasteiger partial charge in [0.15, 0.2) is 0 Å². The van der Waals surface area contributed by atoms with Crippen LogP contribution < -0.4 is 25.5 Å². The highest BCUT2D eigenvalue weighted by Gasteiger charge is 2.24. The average molecular weight is 523 g/mol. The summed E-state index contributed by atoms with van der Waals surface area (Å²) >= 11 is 0. The summed E-state index contributed by atoms with van der Waals surface area (Å²) in [6.45, 7) is -0.199. The van der Waals surface area contributed by atoms with E-state index in [1.54, 1.807) is 42.5 Å². The predicted molar refractivity (Wildman–Crippen MR) is 136 cm³/mol. The first-order valence-corrected chi connectivity index (χ1v) is 12.6. The third kappa shape index (κ3) is 4.31. The summed E-state index contributed by atoms with van der Waals surface area (Å²) in [6.07, 6.45) is 0. The van der Waals surface area contributed by atoms with Gasteiger partial charge in [0, 0.05) is 0 Å². The minimum Gasteiger partial charge on any atom is -0.497 e. The zero-order chi connectivity index (χ0) is 26.2. The zero-order valence-corrected chi connectivity index (χ0v) is 20.7. The van der Waals surface area contributed by atoms with Gasteiger partial charge in [-0.1, -0.05) is 12.1 Å². The number of nitrogens with zero attached hydrogens (tertiary/aromatic N) is 3. The van der Waals surface area contributed by atoms with Crippen LogP contribution in [0, 0.1) is 0 Å². The summed E-state index contributed by atoms with van der Waals surface area (Å²) < 4.78 is 44.9. The number of hydrogen-bond donors (Lipinski definition) is 1. The lowest BCUT2D eigenvalue weighted by Crippen LogP contribution is -2.36. The minimum absolute atomic E-state index is 0.00863. The molecule has 0 unspecified atom stereocenters. The molecule has 0 bridgehead atoms. The van der Waals surface area contributed by atoms with Crippen molar-refractivity contribution in [1.29, 1.82) is 0 Å². The fourth-order valence-electron chi connectivity index (χ4n) is 3.94. The van der Waals surface area contributed by atoms with Gasteiger partial charge in [-0.05, 0) is 54.6 Å². The normalized spacial score (nSPS) is 11.6. The number of fused-ring (bicyclic) bond motifs is 2. The molecule has 0 aliphatic rings. The van der Waals surface area contributed by atoms with Crippen molar-refractivity contribution in [3.8, 4) is 17.4 Å². The SMILES string of the molecule is COc1ccc(S(=O)(=O)n2nc(OCCn3c(=O)[nH]c4ccccc4c3=O)c3cc(OC)ccc32)cc1. The van der Waals surface area contributed by atoms with Gasteiger partial charge in [-0.15, -0.1) is 9.19 Å². The highest BCUT2D eigenvalue weighted by molar-refractivity contribution is 7.90. The second-order valence-electron chi connectivity index (χ2n) is 7.99. The Morgan fingerprint density at radius 2 is 1.59 bits per heavy atom. The third-order valence-corrected chi connectivity index (χ3v) is 7.45. The Kier molecular flexibility index (Phi) is 6.17. The van der Waals surface area contributed by atoms with Crippen LogP contribution in [0.3, 0.4) is 0 Å². The number of methoxy groups -OCH3 is 2. The highest BCUT2D eigenvalue weighted by Crippen LogP contribution is 2.31. The van der Waals surface area contributed by atoms with Crippen LogP contribution in [-0.2, 0) is 16.6 Å². The summed E-state index contributed by atoms with van der Waals surface area (Å²) in [6, 6.07) is 17.4. The molecule has 2 heterocycles. The van der Waals surface area contributed by atoms with E-state index in [1.807, 2.05) is 0 Å². The molecule has 0 saturated heterocycles. The number of rotatable bonds is 8. The molecule has 0 radical (unpaired) electrons. The van der Waals surface area contributed by atoms with Crippen LogP contribution in [0.15, 0.2) is 81.2 Å². The molecule has 0 fully saturated rings. The third-order valence-electron chi connectivity index (χ3n) is 5.85. The Bertz CT molecular complexity index is 1840. The van der Waals surface area contributed by atoms with E-state index in [0.717, 1.165) is 8.65 Å². The molecule has 37 heavy (non-hydrogen) atoms. The van der Waals surface area contributed by atoms with Gasteiger partial charge in [0.2, 0.25) is 5.88 Å². The van der Waals surface area contributed by atoms with E-state index >= 15 is 0 Å². The Labute approximate surface area is 210 Å². The van der Waals surface area contributed by atoms with E-state index in [2.05, 4.69) is 10.1 Å². The lowest BCUT2D eigenvalue weighted by atomic mass is 10.2. The molecular formula is C25H22N4O7S. The van der Waals surface area contributed by atoms with Gasteiger partial charge in [-0.2, -0.15) is 8.42 Å². The smallest absolute Gasteiger partial charge is 0.328 e. The minimum atomic E-state index is -4.09. The number of aromatic nitrogens is 4. The molecule has 1 N–H and O–H groups in total. The fourth-order valence-corrected chi connectivity index (χ4v) is 5.22. The number of nitrogens with one attached hydrogen (secondary N) is 1. The molecule has 0 aliphatic carbocycles. The quantitative estimate of drug-likeness (QED) is 0.328. The largest absolute Gasteiger partial charge is 0.497 e. The first kappa shape index (κ1) is 24.1. The molecule has 0 aliphatic heterocycles. The maximum absolute atomic E-state index is 13.4. The lowest BCUT2D eigenvalue weighted by Gasteiger charge is -2.07. The van der Waals surface area contributed by atoms with E-state index in [1.165, 1.54) is 38.5 Å². The van der Waals surface area contributed by atoms with Crippen molar-refractivity contribution in [2.45, 2.75) is 11.4 Å². The summed E-state index contributed by atoms with van der Waals surface area (Å²) in [5, 5.41) is 4.98. The van der Waals surface area contributed by atoms with Crippen molar-refractivity contribution in [2.75, 3.05) is 20.8 Å². The number of para-hydroxylation sites is 1. The maximum Gasteiger partial charge on any atom is 0.328 e. The molecule has 3 aromatic carbocycles. The molecular weight excluding hydrogens is 500 g/mol. The molecule has 12 heteroatoms. The average Bonchev–Trinajstić information content (AvgIpc) is 3.29. The summed E-state index contributed by atoms with van der Waals surface area (Å²) in [5.41, 5.74) is -0.323. The first-order chi connectivity index (χ1) is 17.8. The Morgan fingerprint density at radius 1 is 0.892 bits per heavy atom. The van der Waals surface area contributed by atoms with Gasteiger partial charge in [-0.25, -0.2) is 4.79 Å². The van der Waals surface area contributed by atoms with E-state index < -0.39 is 21.3 Å². The van der Waals surface area contributed by atoms with Crippen molar-refractivity contribution in [1.82, 2.24) is 18.7 Å². The molecule has 5 rings (SSSR count). The van der Waals surface area contributed by atoms with Crippen molar-refractivity contribution in [3.63, 3.8) is 0 Å². The van der Waals surface area contributed by atoms with Gasteiger partial charge >= 0.3 is 5.69 Å². The second kappa shape index (κ2) is 9.47. The summed E-state index contributed by atoms with van der Waals surface area (Å²) in [7, 11) is -1.11. The fraction of sp³-hybridized carbons (Fsp3) is 0.160. The van der Waals surface area contributed by atoms with Gasteiger partial charge in [0.1, 0.15) is 18.1 Å². The zero-order valence-electron chi connectivity index (χ0n) is 19.9. The van der Waals surface area contributed by atoms with Gasteiger partial charge < -0.3 is 19.2 Å². The van der Waals surface area contributed by atoms with Crippen LogP contribution in [0.4, 0.5) is 0 Å². The van der Waals surface area contributed by atoms with Crippen LogP contribution in [-0.4, -0.2) is 48.0 Å². The molecule has 11 nitrogen and oxygen atoms in total. The molecule has 0 saturated carbocycles. The van der Waals surface area contributed by atoms with E-state index in [0.29, 0.717) is 27.8 Å². The van der Waals surface area contributed by atoms with Crippen molar-refractivity contribution in [2.24, 2.45) is 0 Å². The molecule has 5 aromatic rings. The van der Waals surface area contributed by atoms with Crippen LogP contribution in [0.1, 0.15) is 0 Å². The van der Waals surface area contributed by atoms with E-state index in [9.17, 15) is 18.0 Å². The highest BCUT2D eigenvalue weighted by atomic mass is 32.2. The molecule has 2 aromatic heterocycles. The molecule has 190 valence electrons. The Hall–Kier alpha value is -4.58. The van der Waals surface area contributed by atoms with Crippen molar-refractivity contribution < 1.29 is 22.6 Å². The summed E-state index contributed by atoms with van der Waals surface area (Å²) in [4.78, 5) is 27.9. The van der Waals surface area contributed by atoms with Gasteiger partial charge in [0.05, 0.1) is 47.5 Å². The van der Waals surface area contributed by atoms with Crippen LogP contribution in [0.2, 0.25) is 0 Å². The monoisotopic (exact) mass is 522 g/mol. The second-order valence-corrected chi connectivity index (χ2v) is 9.76. The van der Waals surface area contributed by atoms with Crippen molar-refractivity contribution in [3.05, 3.63) is 87.6 Å². The first-order valence-electron chi connectivity index (χ1n) is 11.1. The number of ether oxygens (including phenoxy) is 3. The van der Waals surface area contributed by atoms with E-state index in [4.69, 9.17) is 14.2 Å². The summed E-state index contributed by atoms with van der Waals surface area (Å²) in [5.74, 6) is 0.995. The topological polar surface area (TPSA) is 135 Å². The maximum atomic E-state index is 13.4. The Morgan fingerprint density at radius 3 is 2.32 bits per heavy atom. The van der Waals surface area contributed by atoms with E-state index in [-0.39, 0.29) is 29.4 Å². The van der Waals surface area contributed by atoms with Crippen LogP contribution in [0.25, 0.3) is 21.8 Å². The van der Waals surface area contributed by atoms with Gasteiger partial charge in [-0.3, -0.25) is 9.36 Å². The number of H-pyrrole nitrogens is 1.